The molecular weight excluding hydrogens is 266 g/mol. The van der Waals surface area contributed by atoms with Crippen molar-refractivity contribution in [3.8, 4) is 0 Å². The molecule has 0 spiro atoms. The second kappa shape index (κ2) is 6.41. The molecule has 0 atom stereocenters. The van der Waals surface area contributed by atoms with Gasteiger partial charge >= 0.3 is 0 Å². The number of likely N-dealkylation sites (N-methyl/N-ethyl adjacent to an activating group) is 1. The second-order valence-corrected chi connectivity index (χ2v) is 5.89. The SMILES string of the molecule is CCc1cc(C(=O)NCC2(N(C)C)CCC2)cc(NN)n1. The number of pyridine rings is 1. The molecule has 0 aromatic carbocycles. The van der Waals surface area contributed by atoms with Crippen LogP contribution in [0.5, 0.6) is 0 Å². The van der Waals surface area contributed by atoms with Crippen LogP contribution >= 0.6 is 0 Å². The van der Waals surface area contributed by atoms with Crippen LogP contribution in [-0.4, -0.2) is 42.0 Å². The molecule has 1 fully saturated rings. The Morgan fingerprint density at radius 1 is 1.43 bits per heavy atom. The topological polar surface area (TPSA) is 83.3 Å². The van der Waals surface area contributed by atoms with Gasteiger partial charge in [-0.1, -0.05) is 6.92 Å². The van der Waals surface area contributed by atoms with E-state index >= 15 is 0 Å². The van der Waals surface area contributed by atoms with Gasteiger partial charge in [-0.05, 0) is 51.9 Å². The van der Waals surface area contributed by atoms with Gasteiger partial charge in [0.1, 0.15) is 5.82 Å². The minimum absolute atomic E-state index is 0.0725. The van der Waals surface area contributed by atoms with Gasteiger partial charge in [0.2, 0.25) is 0 Å². The maximum Gasteiger partial charge on any atom is 0.251 e. The van der Waals surface area contributed by atoms with E-state index in [0.29, 0.717) is 17.9 Å². The zero-order valence-electron chi connectivity index (χ0n) is 13.1. The molecule has 21 heavy (non-hydrogen) atoms. The lowest BCUT2D eigenvalue weighted by atomic mass is 9.75. The van der Waals surface area contributed by atoms with E-state index in [9.17, 15) is 4.79 Å². The van der Waals surface area contributed by atoms with Crippen LogP contribution in [0.15, 0.2) is 12.1 Å². The zero-order valence-corrected chi connectivity index (χ0v) is 13.1. The van der Waals surface area contributed by atoms with Crippen molar-refractivity contribution in [2.75, 3.05) is 26.1 Å². The number of nitrogens with one attached hydrogen (secondary N) is 2. The van der Waals surface area contributed by atoms with Crippen molar-refractivity contribution in [1.82, 2.24) is 15.2 Å². The first-order valence-corrected chi connectivity index (χ1v) is 7.44. The fourth-order valence-electron chi connectivity index (χ4n) is 2.69. The number of hydrogen-bond acceptors (Lipinski definition) is 5. The summed E-state index contributed by atoms with van der Waals surface area (Å²) < 4.78 is 0. The van der Waals surface area contributed by atoms with Crippen LogP contribution in [0, 0.1) is 0 Å². The molecule has 0 saturated heterocycles. The van der Waals surface area contributed by atoms with Crippen molar-refractivity contribution < 1.29 is 4.79 Å². The molecule has 1 amide bonds. The molecule has 1 aliphatic carbocycles. The lowest BCUT2D eigenvalue weighted by Crippen LogP contribution is -2.57. The Balaban J connectivity index is 2.06. The molecule has 1 heterocycles. The van der Waals surface area contributed by atoms with E-state index in [4.69, 9.17) is 5.84 Å². The largest absolute Gasteiger partial charge is 0.350 e. The molecule has 0 aliphatic heterocycles. The van der Waals surface area contributed by atoms with Gasteiger partial charge in [0.05, 0.1) is 0 Å². The molecular formula is C15H25N5O. The van der Waals surface area contributed by atoms with Gasteiger partial charge in [0.25, 0.3) is 5.91 Å². The summed E-state index contributed by atoms with van der Waals surface area (Å²) in [5.74, 6) is 5.85. The van der Waals surface area contributed by atoms with E-state index in [1.807, 2.05) is 13.0 Å². The number of amides is 1. The van der Waals surface area contributed by atoms with Gasteiger partial charge in [-0.15, -0.1) is 0 Å². The maximum atomic E-state index is 12.4. The maximum absolute atomic E-state index is 12.4. The summed E-state index contributed by atoms with van der Waals surface area (Å²) in [6.45, 7) is 2.67. The number of nitrogen functional groups attached to an aromatic ring is 1. The van der Waals surface area contributed by atoms with E-state index in [0.717, 1.165) is 25.0 Å². The van der Waals surface area contributed by atoms with E-state index in [1.54, 1.807) is 6.07 Å². The third kappa shape index (κ3) is 3.33. The van der Waals surface area contributed by atoms with Crippen molar-refractivity contribution in [2.45, 2.75) is 38.1 Å². The first-order chi connectivity index (χ1) is 10.0. The molecule has 1 saturated carbocycles. The number of anilines is 1. The molecule has 0 radical (unpaired) electrons. The highest BCUT2D eigenvalue weighted by Crippen LogP contribution is 2.35. The Bertz CT molecular complexity index is 489. The Hall–Kier alpha value is -1.66. The Morgan fingerprint density at radius 3 is 2.62 bits per heavy atom. The quantitative estimate of drug-likeness (QED) is 0.541. The van der Waals surface area contributed by atoms with Gasteiger partial charge in [-0.25, -0.2) is 10.8 Å². The van der Waals surface area contributed by atoms with Gasteiger partial charge in [-0.2, -0.15) is 0 Å². The van der Waals surface area contributed by atoms with Crippen molar-refractivity contribution in [1.29, 1.82) is 0 Å². The van der Waals surface area contributed by atoms with E-state index < -0.39 is 0 Å². The molecule has 6 nitrogen and oxygen atoms in total. The van der Waals surface area contributed by atoms with Crippen LogP contribution in [0.3, 0.4) is 0 Å². The number of aromatic nitrogens is 1. The first kappa shape index (κ1) is 15.7. The van der Waals surface area contributed by atoms with Gasteiger partial charge < -0.3 is 15.6 Å². The second-order valence-electron chi connectivity index (χ2n) is 5.89. The molecule has 0 bridgehead atoms. The average molecular weight is 291 g/mol. The summed E-state index contributed by atoms with van der Waals surface area (Å²) in [6, 6.07) is 3.50. The molecule has 4 N–H and O–H groups in total. The van der Waals surface area contributed by atoms with E-state index in [1.165, 1.54) is 6.42 Å². The van der Waals surface area contributed by atoms with Gasteiger partial charge in [-0.3, -0.25) is 4.79 Å². The molecule has 1 aromatic heterocycles. The minimum Gasteiger partial charge on any atom is -0.350 e. The smallest absolute Gasteiger partial charge is 0.251 e. The number of nitrogens with two attached hydrogens (primary N) is 1. The van der Waals surface area contributed by atoms with Gasteiger partial charge in [0.15, 0.2) is 0 Å². The van der Waals surface area contributed by atoms with Crippen LogP contribution < -0.4 is 16.6 Å². The molecule has 2 rings (SSSR count). The third-order valence-corrected chi connectivity index (χ3v) is 4.46. The lowest BCUT2D eigenvalue weighted by molar-refractivity contribution is 0.0557. The number of aryl methyl sites for hydroxylation is 1. The number of rotatable bonds is 6. The number of carbonyl (C=O) groups excluding carboxylic acids is 1. The molecule has 6 heteroatoms. The van der Waals surface area contributed by atoms with Crippen LogP contribution in [0.4, 0.5) is 5.82 Å². The summed E-state index contributed by atoms with van der Waals surface area (Å²) in [6.07, 6.45) is 4.25. The average Bonchev–Trinajstić information content (AvgIpc) is 2.44. The number of carbonyl (C=O) groups is 1. The van der Waals surface area contributed by atoms with Crippen molar-refractivity contribution in [2.24, 2.45) is 5.84 Å². The van der Waals surface area contributed by atoms with E-state index in [-0.39, 0.29) is 11.4 Å². The molecule has 0 unspecified atom stereocenters. The summed E-state index contributed by atoms with van der Waals surface area (Å²) in [4.78, 5) is 18.9. The number of hydrazine groups is 1. The Morgan fingerprint density at radius 2 is 2.14 bits per heavy atom. The number of hydrogen-bond donors (Lipinski definition) is 3. The minimum atomic E-state index is -0.0725. The predicted octanol–water partition coefficient (Wildman–Crippen LogP) is 1.14. The highest BCUT2D eigenvalue weighted by atomic mass is 16.1. The summed E-state index contributed by atoms with van der Waals surface area (Å²) in [5, 5.41) is 3.05. The lowest BCUT2D eigenvalue weighted by Gasteiger charge is -2.47. The molecule has 116 valence electrons. The standard InChI is InChI=1S/C15H25N5O/c1-4-12-8-11(9-13(18-12)19-16)14(21)17-10-15(20(2)3)6-5-7-15/h8-9H,4-7,10,16H2,1-3H3,(H,17,21)(H,18,19). The fourth-order valence-corrected chi connectivity index (χ4v) is 2.69. The van der Waals surface area contributed by atoms with Crippen LogP contribution in [0.2, 0.25) is 0 Å². The monoisotopic (exact) mass is 291 g/mol. The third-order valence-electron chi connectivity index (χ3n) is 4.46. The molecule has 1 aliphatic rings. The van der Waals surface area contributed by atoms with Crippen molar-refractivity contribution in [3.63, 3.8) is 0 Å². The van der Waals surface area contributed by atoms with Crippen LogP contribution in [0.1, 0.15) is 42.2 Å². The van der Waals surface area contributed by atoms with E-state index in [2.05, 4.69) is 34.7 Å². The summed E-state index contributed by atoms with van der Waals surface area (Å²) in [5.41, 5.74) is 4.08. The highest BCUT2D eigenvalue weighted by molar-refractivity contribution is 5.95. The first-order valence-electron chi connectivity index (χ1n) is 7.44. The van der Waals surface area contributed by atoms with Gasteiger partial charge in [0, 0.05) is 23.3 Å². The predicted molar refractivity (Wildman–Crippen MR) is 84.0 cm³/mol. The highest BCUT2D eigenvalue weighted by Gasteiger charge is 2.39. The zero-order chi connectivity index (χ0) is 15.5. The summed E-state index contributed by atoms with van der Waals surface area (Å²) in [7, 11) is 4.15. The van der Waals surface area contributed by atoms with Crippen molar-refractivity contribution in [3.05, 3.63) is 23.4 Å². The fraction of sp³-hybridized carbons (Fsp3) is 0.600. The normalized spacial score (nSPS) is 16.4. The Kier molecular flexibility index (Phi) is 4.80. The van der Waals surface area contributed by atoms with Crippen LogP contribution in [-0.2, 0) is 6.42 Å². The number of nitrogens with zero attached hydrogens (tertiary/aromatic N) is 2. The molecule has 1 aromatic rings. The Labute approximate surface area is 126 Å². The summed E-state index contributed by atoms with van der Waals surface area (Å²) >= 11 is 0. The van der Waals surface area contributed by atoms with Crippen molar-refractivity contribution >= 4 is 11.7 Å². The van der Waals surface area contributed by atoms with Crippen LogP contribution in [0.25, 0.3) is 0 Å².